The van der Waals surface area contributed by atoms with E-state index in [2.05, 4.69) is 43.8 Å². The minimum absolute atomic E-state index is 0.000249. The first-order chi connectivity index (χ1) is 12.5. The normalized spacial score (nSPS) is 22.3. The van der Waals surface area contributed by atoms with Crippen molar-refractivity contribution < 1.29 is 8.63 Å². The lowest BCUT2D eigenvalue weighted by Crippen LogP contribution is -2.45. The number of hydrogen-bond acceptors (Lipinski definition) is 5. The van der Waals surface area contributed by atoms with Gasteiger partial charge in [0.25, 0.3) is 5.56 Å². The van der Waals surface area contributed by atoms with Gasteiger partial charge in [-0.15, -0.1) is 0 Å². The number of fused-ring (bicyclic) bond motifs is 1. The van der Waals surface area contributed by atoms with Crippen LogP contribution in [0.2, 0.25) is 18.1 Å². The summed E-state index contributed by atoms with van der Waals surface area (Å²) in [4.78, 5) is 21.4. The second-order valence-electron chi connectivity index (χ2n) is 8.84. The molecule has 3 atom stereocenters. The molecule has 0 spiro atoms. The number of pyridine rings is 1. The van der Waals surface area contributed by atoms with Crippen LogP contribution in [-0.4, -0.2) is 39.4 Å². The molecule has 8 heteroatoms. The van der Waals surface area contributed by atoms with Crippen LogP contribution in [0.3, 0.4) is 0 Å². The Hall–Kier alpha value is -1.38. The molecule has 0 bridgehead atoms. The molecule has 6 nitrogen and oxygen atoms in total. The summed E-state index contributed by atoms with van der Waals surface area (Å²) in [6.07, 6.45) is 6.04. The van der Waals surface area contributed by atoms with Gasteiger partial charge in [-0.05, 0) is 43.5 Å². The van der Waals surface area contributed by atoms with Crippen molar-refractivity contribution in [2.75, 3.05) is 6.26 Å². The third-order valence-electron chi connectivity index (χ3n) is 5.90. The summed E-state index contributed by atoms with van der Waals surface area (Å²) in [6.45, 7) is 11.2. The molecule has 0 aromatic carbocycles. The van der Waals surface area contributed by atoms with Gasteiger partial charge in [0.05, 0.1) is 22.9 Å². The number of hydrogen-bond donors (Lipinski definition) is 0. The molecule has 0 N–H and O–H groups in total. The second kappa shape index (κ2) is 7.22. The molecule has 2 aromatic heterocycles. The van der Waals surface area contributed by atoms with Gasteiger partial charge in [-0.25, -0.2) is 9.97 Å². The van der Waals surface area contributed by atoms with Gasteiger partial charge < -0.3 is 4.43 Å². The van der Waals surface area contributed by atoms with E-state index in [0.717, 1.165) is 24.6 Å². The van der Waals surface area contributed by atoms with Crippen molar-refractivity contribution in [2.24, 2.45) is 0 Å². The monoisotopic (exact) mass is 407 g/mol. The van der Waals surface area contributed by atoms with Crippen LogP contribution in [0.15, 0.2) is 28.3 Å². The lowest BCUT2D eigenvalue weighted by molar-refractivity contribution is 0.144. The van der Waals surface area contributed by atoms with Crippen LogP contribution in [0.4, 0.5) is 0 Å². The molecule has 27 heavy (non-hydrogen) atoms. The highest BCUT2D eigenvalue weighted by Crippen LogP contribution is 2.42. The van der Waals surface area contributed by atoms with Crippen molar-refractivity contribution in [2.45, 2.75) is 75.5 Å². The number of nitrogens with zero attached hydrogens (tertiary/aromatic N) is 3. The molecule has 3 unspecified atom stereocenters. The molecular weight excluding hydrogens is 378 g/mol. The maximum absolute atomic E-state index is 12.8. The van der Waals surface area contributed by atoms with E-state index in [-0.39, 0.29) is 27.9 Å². The Bertz CT molecular complexity index is 936. The fraction of sp³-hybridized carbons (Fsp3) is 0.632. The van der Waals surface area contributed by atoms with Crippen LogP contribution in [0.5, 0.6) is 0 Å². The van der Waals surface area contributed by atoms with E-state index in [1.807, 2.05) is 0 Å². The first kappa shape index (κ1) is 20.4. The average molecular weight is 408 g/mol. The quantitative estimate of drug-likeness (QED) is 0.571. The molecule has 0 saturated heterocycles. The zero-order valence-electron chi connectivity index (χ0n) is 17.0. The molecule has 3 rings (SSSR count). The Balaban J connectivity index is 2.08. The van der Waals surface area contributed by atoms with Crippen molar-refractivity contribution in [1.82, 2.24) is 14.5 Å². The molecule has 2 heterocycles. The number of aromatic nitrogens is 3. The summed E-state index contributed by atoms with van der Waals surface area (Å²) in [5, 5.41) is 1.14. The molecule has 1 fully saturated rings. The zero-order chi connectivity index (χ0) is 20.0. The van der Waals surface area contributed by atoms with Crippen LogP contribution in [-0.2, 0) is 15.2 Å². The molecule has 0 aliphatic heterocycles. The Morgan fingerprint density at radius 2 is 1.96 bits per heavy atom. The fourth-order valence-electron chi connectivity index (χ4n) is 3.38. The minimum atomic E-state index is -1.96. The van der Waals surface area contributed by atoms with Gasteiger partial charge in [-0.3, -0.25) is 13.6 Å². The van der Waals surface area contributed by atoms with Crippen molar-refractivity contribution in [3.05, 3.63) is 28.7 Å². The highest BCUT2D eigenvalue weighted by atomic mass is 32.2. The molecule has 0 amide bonds. The van der Waals surface area contributed by atoms with Gasteiger partial charge in [-0.2, -0.15) is 0 Å². The highest BCUT2D eigenvalue weighted by molar-refractivity contribution is 7.84. The van der Waals surface area contributed by atoms with Crippen LogP contribution >= 0.6 is 0 Å². The molecular formula is C19H29N3O3SSi. The Morgan fingerprint density at radius 3 is 2.59 bits per heavy atom. The van der Waals surface area contributed by atoms with Crippen LogP contribution in [0.25, 0.3) is 11.0 Å². The molecule has 1 saturated carbocycles. The summed E-state index contributed by atoms with van der Waals surface area (Å²) < 4.78 is 20.3. The van der Waals surface area contributed by atoms with E-state index in [9.17, 15) is 9.00 Å². The van der Waals surface area contributed by atoms with E-state index in [0.29, 0.717) is 5.65 Å². The lowest BCUT2D eigenvalue weighted by atomic mass is 10.2. The van der Waals surface area contributed by atoms with Crippen LogP contribution < -0.4 is 5.56 Å². The van der Waals surface area contributed by atoms with Gasteiger partial charge in [0.1, 0.15) is 5.65 Å². The third kappa shape index (κ3) is 3.93. The minimum Gasteiger partial charge on any atom is -0.412 e. The smallest absolute Gasteiger partial charge is 0.252 e. The van der Waals surface area contributed by atoms with E-state index in [1.54, 1.807) is 29.2 Å². The van der Waals surface area contributed by atoms with Gasteiger partial charge in [0.15, 0.2) is 8.32 Å². The zero-order valence-corrected chi connectivity index (χ0v) is 18.8. The van der Waals surface area contributed by atoms with Crippen LogP contribution in [0, 0.1) is 0 Å². The van der Waals surface area contributed by atoms with Crippen molar-refractivity contribution in [3.8, 4) is 0 Å². The van der Waals surface area contributed by atoms with Crippen molar-refractivity contribution in [3.63, 3.8) is 0 Å². The number of rotatable bonds is 4. The van der Waals surface area contributed by atoms with E-state index >= 15 is 0 Å². The van der Waals surface area contributed by atoms with Gasteiger partial charge in [0.2, 0.25) is 5.16 Å². The van der Waals surface area contributed by atoms with Gasteiger partial charge in [0, 0.05) is 23.9 Å². The summed E-state index contributed by atoms with van der Waals surface area (Å²) >= 11 is 0. The van der Waals surface area contributed by atoms with Crippen molar-refractivity contribution >= 4 is 30.2 Å². The summed E-state index contributed by atoms with van der Waals surface area (Å²) in [5.41, 5.74) is 0.461. The Morgan fingerprint density at radius 1 is 1.26 bits per heavy atom. The SMILES string of the molecule is CS(=O)c1ncc2ccc(=O)n(C3CCCC3O[Si](C)(C)C(C)(C)C)c2n1. The van der Waals surface area contributed by atoms with E-state index < -0.39 is 19.1 Å². The Kier molecular flexibility index (Phi) is 5.44. The van der Waals surface area contributed by atoms with Gasteiger partial charge in [-0.1, -0.05) is 20.8 Å². The fourth-order valence-corrected chi connectivity index (χ4v) is 5.18. The summed E-state index contributed by atoms with van der Waals surface area (Å²) in [6, 6.07) is 3.24. The highest BCUT2D eigenvalue weighted by Gasteiger charge is 2.42. The first-order valence-electron chi connectivity index (χ1n) is 9.41. The molecule has 2 aromatic rings. The molecule has 1 aliphatic carbocycles. The molecule has 1 aliphatic rings. The lowest BCUT2D eigenvalue weighted by Gasteiger charge is -2.40. The maximum atomic E-state index is 12.8. The third-order valence-corrected chi connectivity index (χ3v) is 11.1. The van der Waals surface area contributed by atoms with Crippen LogP contribution in [0.1, 0.15) is 46.1 Å². The largest absolute Gasteiger partial charge is 0.412 e. The van der Waals surface area contributed by atoms with Crippen molar-refractivity contribution in [1.29, 1.82) is 0 Å². The average Bonchev–Trinajstić information content (AvgIpc) is 3.00. The Labute approximate surface area is 164 Å². The summed E-state index contributed by atoms with van der Waals surface area (Å²) in [5.74, 6) is 0. The standard InChI is InChI=1S/C19H29N3O3SSi/c1-19(2,3)27(5,6)25-15-9-7-8-14(15)22-16(23)11-10-13-12-20-18(26(4)24)21-17(13)22/h10-12,14-15H,7-9H2,1-6H3. The first-order valence-corrected chi connectivity index (χ1v) is 13.9. The molecule has 148 valence electrons. The topological polar surface area (TPSA) is 74.1 Å². The van der Waals surface area contributed by atoms with E-state index in [1.165, 1.54) is 0 Å². The predicted molar refractivity (Wildman–Crippen MR) is 111 cm³/mol. The maximum Gasteiger partial charge on any atom is 0.252 e. The second-order valence-corrected chi connectivity index (χ2v) is 14.9. The summed E-state index contributed by atoms with van der Waals surface area (Å²) in [7, 11) is -3.25. The predicted octanol–water partition coefficient (Wildman–Crippen LogP) is 3.64. The molecule has 0 radical (unpaired) electrons. The van der Waals surface area contributed by atoms with Gasteiger partial charge >= 0.3 is 0 Å². The van der Waals surface area contributed by atoms with E-state index in [4.69, 9.17) is 4.43 Å².